The Morgan fingerprint density at radius 2 is 1.53 bits per heavy atom. The molecule has 1 unspecified atom stereocenters. The normalized spacial score (nSPS) is 9.68. The van der Waals surface area contributed by atoms with Crippen LogP contribution in [0.3, 0.4) is 0 Å². The van der Waals surface area contributed by atoms with Gasteiger partial charge in [-0.1, -0.05) is 0 Å². The number of halogens is 3. The minimum Gasteiger partial charge on any atom is -1.00 e. The topological polar surface area (TPSA) is 170 Å². The van der Waals surface area contributed by atoms with Crippen LogP contribution in [0.2, 0.25) is 0 Å². The van der Waals surface area contributed by atoms with Crippen LogP contribution in [0.4, 0.5) is 4.20 Å². The monoisotopic (exact) mass is 360 g/mol. The molecule has 1 atom stereocenters. The molecule has 19 heavy (non-hydrogen) atoms. The maximum absolute atomic E-state index is 10.1. The first kappa shape index (κ1) is 37.1. The van der Waals surface area contributed by atoms with Gasteiger partial charge >= 0.3 is 65.1 Å². The van der Waals surface area contributed by atoms with E-state index >= 15 is 0 Å². The summed E-state index contributed by atoms with van der Waals surface area (Å²) >= 11 is 0. The van der Waals surface area contributed by atoms with Gasteiger partial charge in [0.25, 0.3) is 0 Å². The van der Waals surface area contributed by atoms with Gasteiger partial charge < -0.3 is 55.7 Å². The summed E-state index contributed by atoms with van der Waals surface area (Å²) in [7, 11) is -5.64. The van der Waals surface area contributed by atoms with E-state index in [2.05, 4.69) is 0 Å². The Kier molecular flexibility index (Phi) is 38.2. The fourth-order valence-electron chi connectivity index (χ4n) is 0.421. The van der Waals surface area contributed by atoms with Crippen molar-refractivity contribution in [3.05, 3.63) is 0 Å². The molecule has 0 saturated heterocycles. The second-order valence-electron chi connectivity index (χ2n) is 2.38. The number of primary amides is 1. The van der Waals surface area contributed by atoms with E-state index in [4.69, 9.17) is 30.9 Å². The Hall–Kier alpha value is 1.56. The van der Waals surface area contributed by atoms with E-state index in [0.717, 1.165) is 0 Å². The summed E-state index contributed by atoms with van der Waals surface area (Å²) in [5, 5.41) is 8.22. The Labute approximate surface area is 165 Å². The van der Waals surface area contributed by atoms with E-state index < -0.39 is 25.8 Å². The van der Waals surface area contributed by atoms with Gasteiger partial charge in [0.1, 0.15) is 13.9 Å². The molecule has 5 N–H and O–H groups in total. The Morgan fingerprint density at radius 1 is 1.26 bits per heavy atom. The standard InChI is InChI=1S/C5H10N2O3.2ClH.FH2O3P.2Na/c6-3(5(9)10)1-2-4(7)8;;;1-5(2,3)4;;/h3H,1-2,6H2,(H2,7,8)(H,9,10);2*1H;(H2,2,3,4);;/q;;;;2*+1/p-4. The van der Waals surface area contributed by atoms with E-state index in [9.17, 15) is 13.8 Å². The first-order valence-corrected chi connectivity index (χ1v) is 4.95. The summed E-state index contributed by atoms with van der Waals surface area (Å²) in [5.74, 6) is -1.64. The van der Waals surface area contributed by atoms with Crippen LogP contribution in [0.25, 0.3) is 0 Å². The van der Waals surface area contributed by atoms with Crippen LogP contribution >= 0.6 is 7.91 Å². The van der Waals surface area contributed by atoms with Gasteiger partial charge in [0, 0.05) is 6.42 Å². The van der Waals surface area contributed by atoms with Crippen LogP contribution in [-0.4, -0.2) is 23.0 Å². The molecule has 0 bridgehead atoms. The van der Waals surface area contributed by atoms with Gasteiger partial charge in [0.05, 0.1) is 0 Å². The molecular weight excluding hydrogens is 351 g/mol. The molecule has 1 amide bonds. The van der Waals surface area contributed by atoms with E-state index in [1.807, 2.05) is 0 Å². The summed E-state index contributed by atoms with van der Waals surface area (Å²) in [4.78, 5) is 37.0. The van der Waals surface area contributed by atoms with Crippen molar-refractivity contribution in [3.8, 4) is 0 Å². The maximum atomic E-state index is 10.1. The van der Waals surface area contributed by atoms with E-state index in [-0.39, 0.29) is 96.8 Å². The molecule has 0 aliphatic carbocycles. The molecule has 0 aromatic carbocycles. The SMILES string of the molecule is NC(=O)CCC(N)C(=O)O.O=P([O-])([O-])F.[Cl-].[Cl-].[Na+].[Na+]. The molecule has 0 aliphatic rings. The number of aliphatic carboxylic acids is 1. The van der Waals surface area contributed by atoms with Crippen molar-refractivity contribution in [1.82, 2.24) is 0 Å². The molecule has 0 rings (SSSR count). The Bertz CT molecular complexity index is 276. The van der Waals surface area contributed by atoms with E-state index in [0.29, 0.717) is 0 Å². The van der Waals surface area contributed by atoms with Gasteiger partial charge in [0.2, 0.25) is 5.91 Å². The van der Waals surface area contributed by atoms with Crippen molar-refractivity contribution in [3.63, 3.8) is 0 Å². The molecule has 0 aromatic rings. The van der Waals surface area contributed by atoms with Gasteiger partial charge in [-0.15, -0.1) is 0 Å². The molecule has 0 fully saturated rings. The number of rotatable bonds is 4. The van der Waals surface area contributed by atoms with Crippen LogP contribution in [-0.2, 0) is 14.2 Å². The van der Waals surface area contributed by atoms with Crippen LogP contribution in [0.1, 0.15) is 12.8 Å². The first-order chi connectivity index (χ1) is 6.54. The molecule has 14 heteroatoms. The summed E-state index contributed by atoms with van der Waals surface area (Å²) in [6.07, 6.45) is 0.123. The third-order valence-electron chi connectivity index (χ3n) is 1.02. The number of carboxylic acid groups (broad SMARTS) is 1. The number of carboxylic acids is 1. The third-order valence-corrected chi connectivity index (χ3v) is 1.02. The molecule has 8 nitrogen and oxygen atoms in total. The van der Waals surface area contributed by atoms with Crippen LogP contribution in [0, 0.1) is 0 Å². The molecule has 106 valence electrons. The zero-order valence-electron chi connectivity index (χ0n) is 10.2. The van der Waals surface area contributed by atoms with Gasteiger partial charge in [-0.25, -0.2) is 4.20 Å². The smallest absolute Gasteiger partial charge is 1.00 e. The number of hydrogen-bond acceptors (Lipinski definition) is 6. The summed E-state index contributed by atoms with van der Waals surface area (Å²) in [5.41, 5.74) is 9.81. The minimum absolute atomic E-state index is 0. The summed E-state index contributed by atoms with van der Waals surface area (Å²) < 4.78 is 18.6. The van der Waals surface area contributed by atoms with Crippen molar-refractivity contribution in [1.29, 1.82) is 0 Å². The van der Waals surface area contributed by atoms with E-state index in [1.165, 1.54) is 0 Å². The number of carbonyl (C=O) groups is 2. The number of amides is 1. The predicted octanol–water partition coefficient (Wildman–Crippen LogP) is -14.5. The Balaban J connectivity index is -0.0000000418. The van der Waals surface area contributed by atoms with Crippen molar-refractivity contribution < 1.29 is 117 Å². The second-order valence-corrected chi connectivity index (χ2v) is 3.24. The zero-order chi connectivity index (χ0) is 12.6. The second kappa shape index (κ2) is 19.6. The predicted molar refractivity (Wildman–Crippen MR) is 42.8 cm³/mol. The molecule has 0 aromatic heterocycles. The zero-order valence-corrected chi connectivity index (χ0v) is 16.6. The van der Waals surface area contributed by atoms with Crippen molar-refractivity contribution >= 4 is 19.8 Å². The van der Waals surface area contributed by atoms with Crippen molar-refractivity contribution in [2.75, 3.05) is 0 Å². The summed E-state index contributed by atoms with van der Waals surface area (Å²) in [6, 6.07) is -0.979. The fourth-order valence-corrected chi connectivity index (χ4v) is 0.421. The van der Waals surface area contributed by atoms with Crippen LogP contribution in [0.15, 0.2) is 0 Å². The van der Waals surface area contributed by atoms with Gasteiger partial charge in [-0.05, 0) is 6.42 Å². The summed E-state index contributed by atoms with van der Waals surface area (Å²) in [6.45, 7) is 0. The average Bonchev–Trinajstić information content (AvgIpc) is 1.96. The molecular formula is C5H10Cl2FN2Na2O6P-2. The number of hydrogen-bond donors (Lipinski definition) is 3. The number of carbonyl (C=O) groups excluding carboxylic acids is 1. The quantitative estimate of drug-likeness (QED) is 0.330. The maximum Gasteiger partial charge on any atom is 1.00 e. The van der Waals surface area contributed by atoms with Crippen molar-refractivity contribution in [2.45, 2.75) is 18.9 Å². The van der Waals surface area contributed by atoms with Gasteiger partial charge in [0.15, 0.2) is 0 Å². The molecule has 0 heterocycles. The van der Waals surface area contributed by atoms with Crippen LogP contribution in [0.5, 0.6) is 0 Å². The fraction of sp³-hybridized carbons (Fsp3) is 0.600. The van der Waals surface area contributed by atoms with Gasteiger partial charge in [-0.3, -0.25) is 9.59 Å². The average molecular weight is 361 g/mol. The molecule has 0 radical (unpaired) electrons. The first-order valence-electron chi connectivity index (χ1n) is 3.52. The van der Waals surface area contributed by atoms with Crippen molar-refractivity contribution in [2.24, 2.45) is 11.5 Å². The van der Waals surface area contributed by atoms with Crippen LogP contribution < -0.4 is 105 Å². The molecule has 0 aliphatic heterocycles. The Morgan fingerprint density at radius 3 is 1.68 bits per heavy atom. The molecule has 0 saturated carbocycles. The molecule has 0 spiro atoms. The van der Waals surface area contributed by atoms with Gasteiger partial charge in [-0.2, -0.15) is 0 Å². The largest absolute Gasteiger partial charge is 1.00 e. The van der Waals surface area contributed by atoms with E-state index in [1.54, 1.807) is 0 Å². The minimum atomic E-state index is -5.64. The third kappa shape index (κ3) is 54.1. The number of nitrogens with two attached hydrogens (primary N) is 2.